The third-order valence-corrected chi connectivity index (χ3v) is 4.38. The largest absolute Gasteiger partial charge is 0.478 e. The monoisotopic (exact) mass is 315 g/mol. The van der Waals surface area contributed by atoms with Gasteiger partial charge in [0.15, 0.2) is 4.34 Å². The van der Waals surface area contributed by atoms with E-state index in [-0.39, 0.29) is 0 Å². The van der Waals surface area contributed by atoms with Crippen LogP contribution in [0.2, 0.25) is 0 Å². The lowest BCUT2D eigenvalue weighted by Gasteiger charge is -1.99. The zero-order chi connectivity index (χ0) is 11.5. The van der Waals surface area contributed by atoms with E-state index in [9.17, 15) is 4.79 Å². The second-order valence-electron chi connectivity index (χ2n) is 2.87. The van der Waals surface area contributed by atoms with Gasteiger partial charge in [-0.05, 0) is 34.1 Å². The van der Waals surface area contributed by atoms with Gasteiger partial charge in [0, 0.05) is 10.3 Å². The van der Waals surface area contributed by atoms with Gasteiger partial charge in [0.2, 0.25) is 0 Å². The molecule has 0 amide bonds. The first-order valence-electron chi connectivity index (χ1n) is 4.27. The van der Waals surface area contributed by atoms with E-state index in [4.69, 9.17) is 5.11 Å². The molecule has 0 saturated heterocycles. The average Bonchev–Trinajstić information content (AvgIpc) is 2.64. The Balaban J connectivity index is 2.21. The number of nitrogens with zero attached hydrogens (tertiary/aromatic N) is 1. The molecule has 0 atom stereocenters. The average molecular weight is 316 g/mol. The molecule has 2 aromatic rings. The minimum atomic E-state index is -0.914. The quantitative estimate of drug-likeness (QED) is 0.937. The number of benzene rings is 1. The Bertz CT molecular complexity index is 527. The van der Waals surface area contributed by atoms with Crippen LogP contribution in [0.5, 0.6) is 0 Å². The van der Waals surface area contributed by atoms with Crippen molar-refractivity contribution in [1.29, 1.82) is 0 Å². The summed E-state index contributed by atoms with van der Waals surface area (Å²) in [6.45, 7) is 0. The molecule has 1 heterocycles. The van der Waals surface area contributed by atoms with E-state index in [0.29, 0.717) is 5.56 Å². The molecule has 0 aliphatic carbocycles. The number of thiazole rings is 1. The van der Waals surface area contributed by atoms with Gasteiger partial charge < -0.3 is 5.11 Å². The summed E-state index contributed by atoms with van der Waals surface area (Å²) in [5.74, 6) is -0.914. The van der Waals surface area contributed by atoms with Gasteiger partial charge in [-0.2, -0.15) is 0 Å². The third kappa shape index (κ3) is 2.84. The fraction of sp³-hybridized carbons (Fsp3) is 0. The Labute approximate surface area is 109 Å². The lowest BCUT2D eigenvalue weighted by atomic mass is 10.2. The Hall–Kier alpha value is -0.850. The first-order chi connectivity index (χ1) is 7.65. The van der Waals surface area contributed by atoms with Crippen molar-refractivity contribution in [2.75, 3.05) is 0 Å². The molecule has 0 saturated carbocycles. The summed E-state index contributed by atoms with van der Waals surface area (Å²) in [5, 5.41) is 10.7. The van der Waals surface area contributed by atoms with Crippen LogP contribution in [-0.4, -0.2) is 16.1 Å². The van der Waals surface area contributed by atoms with E-state index in [1.165, 1.54) is 23.1 Å². The van der Waals surface area contributed by atoms with E-state index in [0.717, 1.165) is 13.8 Å². The summed E-state index contributed by atoms with van der Waals surface area (Å²) in [7, 11) is 0. The van der Waals surface area contributed by atoms with Crippen molar-refractivity contribution < 1.29 is 9.90 Å². The molecule has 82 valence electrons. The first kappa shape index (κ1) is 11.6. The van der Waals surface area contributed by atoms with Crippen molar-refractivity contribution in [3.63, 3.8) is 0 Å². The highest BCUT2D eigenvalue weighted by molar-refractivity contribution is 9.10. The van der Waals surface area contributed by atoms with E-state index in [2.05, 4.69) is 20.9 Å². The van der Waals surface area contributed by atoms with Gasteiger partial charge in [-0.15, -0.1) is 11.3 Å². The molecule has 0 aliphatic rings. The predicted octanol–water partition coefficient (Wildman–Crippen LogP) is 3.76. The van der Waals surface area contributed by atoms with Gasteiger partial charge in [0.05, 0.1) is 5.56 Å². The van der Waals surface area contributed by atoms with Crippen molar-refractivity contribution in [2.45, 2.75) is 9.24 Å². The Morgan fingerprint density at radius 1 is 1.50 bits per heavy atom. The fourth-order valence-corrected chi connectivity index (χ4v) is 3.48. The number of halogens is 1. The number of carbonyl (C=O) groups is 1. The number of hydrogen-bond acceptors (Lipinski definition) is 4. The Morgan fingerprint density at radius 3 is 2.94 bits per heavy atom. The minimum absolute atomic E-state index is 0.292. The highest BCUT2D eigenvalue weighted by Gasteiger charge is 2.06. The molecule has 0 spiro atoms. The Morgan fingerprint density at radius 2 is 2.31 bits per heavy atom. The number of carboxylic acid groups (broad SMARTS) is 1. The molecular formula is C10H6BrNO2S2. The van der Waals surface area contributed by atoms with E-state index in [1.807, 2.05) is 11.4 Å². The number of aromatic nitrogens is 1. The van der Waals surface area contributed by atoms with Crippen molar-refractivity contribution in [2.24, 2.45) is 0 Å². The van der Waals surface area contributed by atoms with Crippen molar-refractivity contribution >= 4 is 45.0 Å². The van der Waals surface area contributed by atoms with Crippen LogP contribution in [-0.2, 0) is 0 Å². The number of aromatic carboxylic acids is 1. The Kier molecular flexibility index (Phi) is 3.63. The molecule has 6 heteroatoms. The maximum Gasteiger partial charge on any atom is 0.335 e. The van der Waals surface area contributed by atoms with Crippen LogP contribution in [0.4, 0.5) is 0 Å². The standard InChI is InChI=1S/C10H6BrNO2S2/c11-8-5-15-10(12-8)16-7-3-1-2-6(4-7)9(13)14/h1-5H,(H,13,14). The van der Waals surface area contributed by atoms with Gasteiger partial charge >= 0.3 is 5.97 Å². The topological polar surface area (TPSA) is 50.2 Å². The molecule has 1 aromatic carbocycles. The first-order valence-corrected chi connectivity index (χ1v) is 6.76. The lowest BCUT2D eigenvalue weighted by molar-refractivity contribution is 0.0696. The molecule has 0 unspecified atom stereocenters. The van der Waals surface area contributed by atoms with Crippen LogP contribution in [0.3, 0.4) is 0 Å². The SMILES string of the molecule is O=C(O)c1cccc(Sc2nc(Br)cs2)c1. The smallest absolute Gasteiger partial charge is 0.335 e. The summed E-state index contributed by atoms with van der Waals surface area (Å²) in [6, 6.07) is 6.81. The van der Waals surface area contributed by atoms with Crippen molar-refractivity contribution in [3.8, 4) is 0 Å². The maximum absolute atomic E-state index is 10.8. The number of carboxylic acids is 1. The van der Waals surface area contributed by atoms with Gasteiger partial charge in [-0.25, -0.2) is 9.78 Å². The fourth-order valence-electron chi connectivity index (χ4n) is 1.08. The van der Waals surface area contributed by atoms with Crippen LogP contribution in [0.1, 0.15) is 10.4 Å². The van der Waals surface area contributed by atoms with Crippen molar-refractivity contribution in [1.82, 2.24) is 4.98 Å². The molecule has 0 fully saturated rings. The zero-order valence-corrected chi connectivity index (χ0v) is 11.1. The second kappa shape index (κ2) is 4.99. The molecule has 1 aromatic heterocycles. The van der Waals surface area contributed by atoms with Crippen LogP contribution >= 0.6 is 39.0 Å². The van der Waals surface area contributed by atoms with Gasteiger partial charge in [-0.1, -0.05) is 17.8 Å². The molecule has 0 radical (unpaired) electrons. The van der Waals surface area contributed by atoms with Crippen molar-refractivity contribution in [3.05, 3.63) is 39.8 Å². The van der Waals surface area contributed by atoms with Gasteiger partial charge in [-0.3, -0.25) is 0 Å². The van der Waals surface area contributed by atoms with Crippen LogP contribution in [0.25, 0.3) is 0 Å². The number of rotatable bonds is 3. The zero-order valence-electron chi connectivity index (χ0n) is 7.88. The summed E-state index contributed by atoms with van der Waals surface area (Å²) < 4.78 is 1.68. The highest BCUT2D eigenvalue weighted by Crippen LogP contribution is 2.31. The molecule has 3 nitrogen and oxygen atoms in total. The molecule has 0 bridgehead atoms. The normalized spacial score (nSPS) is 10.3. The van der Waals surface area contributed by atoms with Crippen LogP contribution < -0.4 is 0 Å². The van der Waals surface area contributed by atoms with E-state index >= 15 is 0 Å². The molecule has 2 rings (SSSR count). The predicted molar refractivity (Wildman–Crippen MR) is 67.3 cm³/mol. The summed E-state index contributed by atoms with van der Waals surface area (Å²) in [4.78, 5) is 15.9. The van der Waals surface area contributed by atoms with E-state index in [1.54, 1.807) is 18.2 Å². The lowest BCUT2D eigenvalue weighted by Crippen LogP contribution is -1.95. The van der Waals surface area contributed by atoms with E-state index < -0.39 is 5.97 Å². The molecule has 1 N–H and O–H groups in total. The van der Waals surface area contributed by atoms with Crippen LogP contribution in [0, 0.1) is 0 Å². The van der Waals surface area contributed by atoms with Gasteiger partial charge in [0.1, 0.15) is 4.60 Å². The summed E-state index contributed by atoms with van der Waals surface area (Å²) in [6.07, 6.45) is 0. The molecular weight excluding hydrogens is 310 g/mol. The summed E-state index contributed by atoms with van der Waals surface area (Å²) in [5.41, 5.74) is 0.292. The van der Waals surface area contributed by atoms with Gasteiger partial charge in [0.25, 0.3) is 0 Å². The second-order valence-corrected chi connectivity index (χ2v) is 5.86. The maximum atomic E-state index is 10.8. The molecule has 16 heavy (non-hydrogen) atoms. The highest BCUT2D eigenvalue weighted by atomic mass is 79.9. The third-order valence-electron chi connectivity index (χ3n) is 1.74. The van der Waals surface area contributed by atoms with Crippen LogP contribution in [0.15, 0.2) is 43.5 Å². The molecule has 0 aliphatic heterocycles. The number of hydrogen-bond donors (Lipinski definition) is 1. The minimum Gasteiger partial charge on any atom is -0.478 e. The summed E-state index contributed by atoms with van der Waals surface area (Å²) >= 11 is 6.25.